The third-order valence-corrected chi connectivity index (χ3v) is 3.29. The summed E-state index contributed by atoms with van der Waals surface area (Å²) in [6.07, 6.45) is -4.86. The van der Waals surface area contributed by atoms with E-state index in [9.17, 15) is 17.6 Å². The van der Waals surface area contributed by atoms with Crippen LogP contribution in [0.15, 0.2) is 24.3 Å². The molecule has 1 saturated heterocycles. The maximum atomic E-state index is 13.5. The Balaban J connectivity index is 2.03. The standard InChI is InChI=1S/C13H16F4N2/c14-11-8-18-6-5-12(11)19-7-9-3-1-2-4-10(9)13(15,16)17/h1-4,11-12,18-19H,5-8H2/t11-,12+/m0/s1. The first-order valence-corrected chi connectivity index (χ1v) is 6.22. The van der Waals surface area contributed by atoms with Crippen LogP contribution in [0.4, 0.5) is 17.6 Å². The van der Waals surface area contributed by atoms with Gasteiger partial charge in [0.2, 0.25) is 0 Å². The van der Waals surface area contributed by atoms with E-state index in [0.29, 0.717) is 13.0 Å². The molecule has 2 rings (SSSR count). The minimum absolute atomic E-state index is 0.0285. The summed E-state index contributed by atoms with van der Waals surface area (Å²) in [6.45, 7) is 0.957. The van der Waals surface area contributed by atoms with Crippen molar-refractivity contribution in [2.45, 2.75) is 31.4 Å². The Morgan fingerprint density at radius 2 is 2.00 bits per heavy atom. The second kappa shape index (κ2) is 5.88. The summed E-state index contributed by atoms with van der Waals surface area (Å²) in [4.78, 5) is 0. The molecule has 0 radical (unpaired) electrons. The predicted octanol–water partition coefficient (Wildman–Crippen LogP) is 2.50. The number of rotatable bonds is 3. The van der Waals surface area contributed by atoms with Gasteiger partial charge in [-0.2, -0.15) is 13.2 Å². The first-order valence-electron chi connectivity index (χ1n) is 6.22. The van der Waals surface area contributed by atoms with Crippen LogP contribution in [0.25, 0.3) is 0 Å². The van der Waals surface area contributed by atoms with E-state index >= 15 is 0 Å². The maximum absolute atomic E-state index is 13.5. The van der Waals surface area contributed by atoms with Crippen molar-refractivity contribution in [1.82, 2.24) is 10.6 Å². The molecule has 2 atom stereocenters. The smallest absolute Gasteiger partial charge is 0.314 e. The van der Waals surface area contributed by atoms with Crippen LogP contribution in [-0.4, -0.2) is 25.3 Å². The van der Waals surface area contributed by atoms with E-state index in [1.165, 1.54) is 12.1 Å². The van der Waals surface area contributed by atoms with Crippen molar-refractivity contribution in [2.24, 2.45) is 0 Å². The second-order valence-corrected chi connectivity index (χ2v) is 4.65. The minimum atomic E-state index is -4.37. The maximum Gasteiger partial charge on any atom is 0.416 e. The first-order chi connectivity index (χ1) is 8.98. The minimum Gasteiger partial charge on any atom is -0.314 e. The van der Waals surface area contributed by atoms with Crippen molar-refractivity contribution in [3.05, 3.63) is 35.4 Å². The molecule has 1 fully saturated rings. The molecule has 0 saturated carbocycles. The largest absolute Gasteiger partial charge is 0.416 e. The van der Waals surface area contributed by atoms with Gasteiger partial charge in [-0.25, -0.2) is 4.39 Å². The Bertz CT molecular complexity index is 419. The van der Waals surface area contributed by atoms with Crippen LogP contribution in [0.5, 0.6) is 0 Å². The molecular formula is C13H16F4N2. The zero-order chi connectivity index (χ0) is 13.9. The average Bonchev–Trinajstić information content (AvgIpc) is 2.37. The number of hydrogen-bond acceptors (Lipinski definition) is 2. The lowest BCUT2D eigenvalue weighted by Gasteiger charge is -2.28. The Labute approximate surface area is 109 Å². The summed E-state index contributed by atoms with van der Waals surface area (Å²) >= 11 is 0. The van der Waals surface area contributed by atoms with Gasteiger partial charge in [0, 0.05) is 19.1 Å². The van der Waals surface area contributed by atoms with Crippen molar-refractivity contribution in [1.29, 1.82) is 0 Å². The highest BCUT2D eigenvalue weighted by Gasteiger charge is 2.33. The molecule has 0 spiro atoms. The van der Waals surface area contributed by atoms with Crippen molar-refractivity contribution in [2.75, 3.05) is 13.1 Å². The van der Waals surface area contributed by atoms with E-state index in [2.05, 4.69) is 10.6 Å². The third-order valence-electron chi connectivity index (χ3n) is 3.29. The molecule has 0 bridgehead atoms. The van der Waals surface area contributed by atoms with Crippen LogP contribution in [0, 0.1) is 0 Å². The van der Waals surface area contributed by atoms with E-state index in [1.807, 2.05) is 0 Å². The summed E-state index contributed by atoms with van der Waals surface area (Å²) in [5.41, 5.74) is -0.507. The predicted molar refractivity (Wildman–Crippen MR) is 64.5 cm³/mol. The number of benzene rings is 1. The molecule has 1 heterocycles. The molecular weight excluding hydrogens is 260 g/mol. The van der Waals surface area contributed by atoms with Gasteiger partial charge in [0.1, 0.15) is 6.17 Å². The number of halogens is 4. The van der Waals surface area contributed by atoms with Crippen LogP contribution >= 0.6 is 0 Å². The summed E-state index contributed by atoms with van der Waals surface area (Å²) < 4.78 is 51.9. The summed E-state index contributed by atoms with van der Waals surface area (Å²) in [5, 5.41) is 5.79. The normalized spacial score (nSPS) is 24.4. The summed E-state index contributed by atoms with van der Waals surface area (Å²) in [5.74, 6) is 0. The van der Waals surface area contributed by atoms with Gasteiger partial charge in [-0.15, -0.1) is 0 Å². The van der Waals surface area contributed by atoms with E-state index in [0.717, 1.165) is 6.07 Å². The lowest BCUT2D eigenvalue weighted by molar-refractivity contribution is -0.138. The van der Waals surface area contributed by atoms with E-state index in [1.54, 1.807) is 6.07 Å². The summed E-state index contributed by atoms with van der Waals surface area (Å²) in [6, 6.07) is 5.00. The molecule has 2 nitrogen and oxygen atoms in total. The number of hydrogen-bond donors (Lipinski definition) is 2. The zero-order valence-electron chi connectivity index (χ0n) is 10.3. The van der Waals surface area contributed by atoms with Gasteiger partial charge >= 0.3 is 6.18 Å². The molecule has 1 aromatic rings. The van der Waals surface area contributed by atoms with Crippen molar-refractivity contribution in [3.8, 4) is 0 Å². The van der Waals surface area contributed by atoms with Crippen molar-refractivity contribution in [3.63, 3.8) is 0 Å². The Hall–Kier alpha value is -1.14. The second-order valence-electron chi connectivity index (χ2n) is 4.65. The van der Waals surface area contributed by atoms with Crippen molar-refractivity contribution < 1.29 is 17.6 Å². The lowest BCUT2D eigenvalue weighted by Crippen LogP contribution is -2.48. The van der Waals surface area contributed by atoms with Gasteiger partial charge in [-0.3, -0.25) is 0 Å². The topological polar surface area (TPSA) is 24.1 Å². The number of alkyl halides is 4. The molecule has 0 amide bonds. The zero-order valence-corrected chi connectivity index (χ0v) is 10.3. The molecule has 19 heavy (non-hydrogen) atoms. The fourth-order valence-electron chi connectivity index (χ4n) is 2.24. The first kappa shape index (κ1) is 14.3. The fraction of sp³-hybridized carbons (Fsp3) is 0.538. The van der Waals surface area contributed by atoms with Gasteiger partial charge in [0.15, 0.2) is 0 Å². The Morgan fingerprint density at radius 1 is 1.26 bits per heavy atom. The number of nitrogens with one attached hydrogen (secondary N) is 2. The lowest BCUT2D eigenvalue weighted by atomic mass is 10.0. The quantitative estimate of drug-likeness (QED) is 0.829. The number of piperidine rings is 1. The Kier molecular flexibility index (Phi) is 4.42. The fourth-order valence-corrected chi connectivity index (χ4v) is 2.24. The van der Waals surface area contributed by atoms with Crippen LogP contribution < -0.4 is 10.6 Å². The van der Waals surface area contributed by atoms with Crippen LogP contribution in [0.1, 0.15) is 17.5 Å². The molecule has 1 aromatic carbocycles. The van der Waals surface area contributed by atoms with Crippen molar-refractivity contribution >= 4 is 0 Å². The van der Waals surface area contributed by atoms with Crippen LogP contribution in [0.2, 0.25) is 0 Å². The summed E-state index contributed by atoms with van der Waals surface area (Å²) in [7, 11) is 0. The molecule has 0 aromatic heterocycles. The highest BCUT2D eigenvalue weighted by atomic mass is 19.4. The van der Waals surface area contributed by atoms with Gasteiger partial charge in [-0.05, 0) is 24.6 Å². The molecule has 2 N–H and O–H groups in total. The van der Waals surface area contributed by atoms with Crippen LogP contribution in [-0.2, 0) is 12.7 Å². The molecule has 106 valence electrons. The van der Waals surface area contributed by atoms with Crippen LogP contribution in [0.3, 0.4) is 0 Å². The highest BCUT2D eigenvalue weighted by molar-refractivity contribution is 5.29. The monoisotopic (exact) mass is 276 g/mol. The molecule has 1 aliphatic heterocycles. The van der Waals surface area contributed by atoms with E-state index in [-0.39, 0.29) is 24.7 Å². The molecule has 1 aliphatic rings. The molecule has 6 heteroatoms. The Morgan fingerprint density at radius 3 is 2.68 bits per heavy atom. The van der Waals surface area contributed by atoms with Gasteiger partial charge in [0.25, 0.3) is 0 Å². The average molecular weight is 276 g/mol. The van der Waals surface area contributed by atoms with E-state index < -0.39 is 17.9 Å². The third kappa shape index (κ3) is 3.67. The SMILES string of the molecule is F[C@H]1CNCC[C@H]1NCc1ccccc1C(F)(F)F. The van der Waals surface area contributed by atoms with Gasteiger partial charge in [0.05, 0.1) is 5.56 Å². The molecule has 0 unspecified atom stereocenters. The molecule has 0 aliphatic carbocycles. The van der Waals surface area contributed by atoms with Gasteiger partial charge < -0.3 is 10.6 Å². The van der Waals surface area contributed by atoms with Gasteiger partial charge in [-0.1, -0.05) is 18.2 Å². The van der Waals surface area contributed by atoms with E-state index in [4.69, 9.17) is 0 Å². The highest BCUT2D eigenvalue weighted by Crippen LogP contribution is 2.31.